The van der Waals surface area contributed by atoms with Crippen molar-refractivity contribution in [3.05, 3.63) is 54.6 Å². The number of urea groups is 1. The van der Waals surface area contributed by atoms with Gasteiger partial charge in [0.1, 0.15) is 5.84 Å². The van der Waals surface area contributed by atoms with Crippen LogP contribution in [0.1, 0.15) is 38.2 Å². The standard InChI is InChI=1S/C20H27N5O/c1-2-3-10-18-19(22-15-17-8-5-4-6-9-17)23-20(26)25(18)13-7-12-24-14-11-21-16-24/h4-6,8-9,11,14,16,18H,2-3,7,10,12-13,15H2,1H3,(H,22,23,26). The van der Waals surface area contributed by atoms with Gasteiger partial charge in [0.15, 0.2) is 0 Å². The number of nitrogens with one attached hydrogen (secondary N) is 1. The van der Waals surface area contributed by atoms with Gasteiger partial charge in [0, 0.05) is 25.5 Å². The minimum atomic E-state index is -0.0245. The van der Waals surface area contributed by atoms with Crippen LogP contribution in [0, 0.1) is 0 Å². The van der Waals surface area contributed by atoms with E-state index in [1.807, 2.05) is 40.2 Å². The fourth-order valence-electron chi connectivity index (χ4n) is 3.25. The number of amidine groups is 1. The van der Waals surface area contributed by atoms with Gasteiger partial charge in [0.25, 0.3) is 0 Å². The smallest absolute Gasteiger partial charge is 0.323 e. The van der Waals surface area contributed by atoms with E-state index in [9.17, 15) is 4.79 Å². The number of nitrogens with zero attached hydrogens (tertiary/aromatic N) is 4. The van der Waals surface area contributed by atoms with Gasteiger partial charge < -0.3 is 9.47 Å². The topological polar surface area (TPSA) is 62.5 Å². The van der Waals surface area contributed by atoms with Crippen molar-refractivity contribution in [3.8, 4) is 0 Å². The maximum Gasteiger partial charge on any atom is 0.323 e. The average Bonchev–Trinajstić information content (AvgIpc) is 3.28. The van der Waals surface area contributed by atoms with Crippen molar-refractivity contribution in [3.63, 3.8) is 0 Å². The summed E-state index contributed by atoms with van der Waals surface area (Å²) in [6, 6.07) is 10.2. The molecule has 1 aromatic heterocycles. The summed E-state index contributed by atoms with van der Waals surface area (Å²) in [6.07, 6.45) is 9.59. The lowest BCUT2D eigenvalue weighted by atomic mass is 10.1. The van der Waals surface area contributed by atoms with Crippen LogP contribution in [0.15, 0.2) is 54.0 Å². The lowest BCUT2D eigenvalue weighted by Crippen LogP contribution is -2.36. The van der Waals surface area contributed by atoms with Crippen molar-refractivity contribution >= 4 is 11.9 Å². The van der Waals surface area contributed by atoms with Crippen molar-refractivity contribution in [2.24, 2.45) is 4.99 Å². The molecular weight excluding hydrogens is 326 g/mol. The molecule has 1 saturated heterocycles. The summed E-state index contributed by atoms with van der Waals surface area (Å²) in [5, 5.41) is 2.99. The molecule has 1 aromatic carbocycles. The number of carbonyl (C=O) groups excluding carboxylic acids is 1. The molecule has 0 saturated carbocycles. The highest BCUT2D eigenvalue weighted by atomic mass is 16.2. The molecule has 6 nitrogen and oxygen atoms in total. The lowest BCUT2D eigenvalue weighted by Gasteiger charge is -2.23. The molecule has 2 amide bonds. The predicted molar refractivity (Wildman–Crippen MR) is 103 cm³/mol. The van der Waals surface area contributed by atoms with E-state index in [0.29, 0.717) is 6.54 Å². The van der Waals surface area contributed by atoms with Crippen LogP contribution in [0.4, 0.5) is 4.79 Å². The Hall–Kier alpha value is -2.63. The van der Waals surface area contributed by atoms with Crippen molar-refractivity contribution in [1.29, 1.82) is 0 Å². The van der Waals surface area contributed by atoms with Gasteiger partial charge in [-0.3, -0.25) is 10.3 Å². The minimum Gasteiger partial charge on any atom is -0.337 e. The number of hydrogen-bond acceptors (Lipinski definition) is 3. The first-order chi connectivity index (χ1) is 12.8. The second-order valence-corrected chi connectivity index (χ2v) is 6.62. The van der Waals surface area contributed by atoms with E-state index in [-0.39, 0.29) is 12.1 Å². The molecule has 1 aliphatic heterocycles. The molecule has 6 heteroatoms. The van der Waals surface area contributed by atoms with Crippen LogP contribution in [-0.2, 0) is 13.1 Å². The molecule has 0 aliphatic carbocycles. The Morgan fingerprint density at radius 1 is 1.19 bits per heavy atom. The van der Waals surface area contributed by atoms with Crippen LogP contribution in [-0.4, -0.2) is 38.9 Å². The van der Waals surface area contributed by atoms with Crippen molar-refractivity contribution in [2.75, 3.05) is 6.54 Å². The Labute approximate surface area is 155 Å². The molecule has 2 aromatic rings. The van der Waals surface area contributed by atoms with Crippen molar-refractivity contribution in [2.45, 2.75) is 51.7 Å². The highest BCUT2D eigenvalue weighted by Gasteiger charge is 2.35. The molecule has 1 unspecified atom stereocenters. The molecule has 26 heavy (non-hydrogen) atoms. The maximum atomic E-state index is 12.5. The molecule has 138 valence electrons. The first-order valence-electron chi connectivity index (χ1n) is 9.39. The van der Waals surface area contributed by atoms with Crippen LogP contribution in [0.2, 0.25) is 0 Å². The third-order valence-electron chi connectivity index (χ3n) is 4.67. The van der Waals surface area contributed by atoms with Crippen LogP contribution >= 0.6 is 0 Å². The first-order valence-corrected chi connectivity index (χ1v) is 9.39. The number of hydrogen-bond donors (Lipinski definition) is 1. The number of amides is 2. The highest BCUT2D eigenvalue weighted by molar-refractivity contribution is 6.07. The second kappa shape index (κ2) is 9.17. The van der Waals surface area contributed by atoms with Gasteiger partial charge in [0.2, 0.25) is 0 Å². The molecule has 1 fully saturated rings. The monoisotopic (exact) mass is 353 g/mol. The number of aliphatic imine (C=N–C) groups is 1. The van der Waals surface area contributed by atoms with Gasteiger partial charge >= 0.3 is 6.03 Å². The number of aryl methyl sites for hydroxylation is 1. The number of imidazole rings is 1. The maximum absolute atomic E-state index is 12.5. The van der Waals surface area contributed by atoms with Crippen LogP contribution in [0.5, 0.6) is 0 Å². The number of unbranched alkanes of at least 4 members (excludes halogenated alkanes) is 1. The fraction of sp³-hybridized carbons (Fsp3) is 0.450. The third kappa shape index (κ3) is 4.71. The summed E-state index contributed by atoms with van der Waals surface area (Å²) >= 11 is 0. The van der Waals surface area contributed by atoms with Gasteiger partial charge in [-0.05, 0) is 18.4 Å². The Morgan fingerprint density at radius 2 is 2.04 bits per heavy atom. The normalized spacial score (nSPS) is 18.5. The molecular formula is C20H27N5O. The quantitative estimate of drug-likeness (QED) is 0.750. The van der Waals surface area contributed by atoms with Crippen LogP contribution in [0.25, 0.3) is 0 Å². The molecule has 0 spiro atoms. The summed E-state index contributed by atoms with van der Waals surface area (Å²) in [6.45, 7) is 4.36. The zero-order valence-electron chi connectivity index (χ0n) is 15.3. The van der Waals surface area contributed by atoms with Gasteiger partial charge in [-0.1, -0.05) is 50.1 Å². The second-order valence-electron chi connectivity index (χ2n) is 6.62. The average molecular weight is 353 g/mol. The molecule has 1 N–H and O–H groups in total. The summed E-state index contributed by atoms with van der Waals surface area (Å²) in [7, 11) is 0. The van der Waals surface area contributed by atoms with Crippen LogP contribution < -0.4 is 5.32 Å². The van der Waals surface area contributed by atoms with Gasteiger partial charge in [-0.15, -0.1) is 0 Å². The van der Waals surface area contributed by atoms with E-state index in [1.54, 1.807) is 6.20 Å². The molecule has 2 heterocycles. The lowest BCUT2D eigenvalue weighted by molar-refractivity contribution is 0.201. The number of rotatable bonds is 9. The van der Waals surface area contributed by atoms with E-state index in [2.05, 4.69) is 29.4 Å². The number of aromatic nitrogens is 2. The molecule has 1 atom stereocenters. The predicted octanol–water partition coefficient (Wildman–Crippen LogP) is 3.46. The van der Waals surface area contributed by atoms with E-state index < -0.39 is 0 Å². The molecule has 1 aliphatic rings. The molecule has 0 radical (unpaired) electrons. The Bertz CT molecular complexity index is 711. The summed E-state index contributed by atoms with van der Waals surface area (Å²) < 4.78 is 2.04. The Morgan fingerprint density at radius 3 is 2.77 bits per heavy atom. The van der Waals surface area contributed by atoms with E-state index in [1.165, 1.54) is 0 Å². The summed E-state index contributed by atoms with van der Waals surface area (Å²) in [5.41, 5.74) is 1.15. The van der Waals surface area contributed by atoms with E-state index >= 15 is 0 Å². The molecule has 3 rings (SSSR count). The SMILES string of the molecule is CCCCC1/C(=N\Cc2ccccc2)NC(=O)N1CCCn1ccnc1. The fourth-order valence-corrected chi connectivity index (χ4v) is 3.25. The van der Waals surface area contributed by atoms with Crippen molar-refractivity contribution in [1.82, 2.24) is 19.8 Å². The highest BCUT2D eigenvalue weighted by Crippen LogP contribution is 2.18. The number of benzene rings is 1. The number of carbonyl (C=O) groups is 1. The summed E-state index contributed by atoms with van der Waals surface area (Å²) in [4.78, 5) is 23.2. The minimum absolute atomic E-state index is 0.0245. The largest absolute Gasteiger partial charge is 0.337 e. The van der Waals surface area contributed by atoms with Gasteiger partial charge in [0.05, 0.1) is 18.9 Å². The van der Waals surface area contributed by atoms with Crippen molar-refractivity contribution < 1.29 is 4.79 Å². The zero-order valence-corrected chi connectivity index (χ0v) is 15.3. The third-order valence-corrected chi connectivity index (χ3v) is 4.67. The van der Waals surface area contributed by atoms with Gasteiger partial charge in [-0.25, -0.2) is 9.78 Å². The van der Waals surface area contributed by atoms with E-state index in [4.69, 9.17) is 4.99 Å². The Balaban J connectivity index is 1.64. The summed E-state index contributed by atoms with van der Waals surface area (Å²) in [5.74, 6) is 0.815. The Kier molecular flexibility index (Phi) is 6.41. The van der Waals surface area contributed by atoms with E-state index in [0.717, 1.165) is 50.2 Å². The van der Waals surface area contributed by atoms with Crippen LogP contribution in [0.3, 0.4) is 0 Å². The first kappa shape index (κ1) is 18.2. The van der Waals surface area contributed by atoms with Gasteiger partial charge in [-0.2, -0.15) is 0 Å². The zero-order chi connectivity index (χ0) is 18.2. The molecule has 0 bridgehead atoms.